The van der Waals surface area contributed by atoms with Crippen molar-refractivity contribution in [3.63, 3.8) is 0 Å². The van der Waals surface area contributed by atoms with Crippen LogP contribution in [0.1, 0.15) is 17.7 Å². The van der Waals surface area contributed by atoms with Crippen LogP contribution >= 0.6 is 11.3 Å². The van der Waals surface area contributed by atoms with Gasteiger partial charge in [0.25, 0.3) is 0 Å². The van der Waals surface area contributed by atoms with Crippen molar-refractivity contribution in [1.82, 2.24) is 9.62 Å². The first-order chi connectivity index (χ1) is 15.0. The van der Waals surface area contributed by atoms with Crippen LogP contribution in [0.2, 0.25) is 0 Å². The fourth-order valence-electron chi connectivity index (χ4n) is 3.56. The van der Waals surface area contributed by atoms with E-state index >= 15 is 0 Å². The van der Waals surface area contributed by atoms with E-state index in [9.17, 15) is 13.2 Å². The first kappa shape index (κ1) is 21.5. The van der Waals surface area contributed by atoms with Gasteiger partial charge in [-0.15, -0.1) is 11.3 Å². The van der Waals surface area contributed by atoms with E-state index in [2.05, 4.69) is 22.9 Å². The fraction of sp³-hybridized carbons (Fsp3) is 0.208. The van der Waals surface area contributed by atoms with Gasteiger partial charge < -0.3 is 4.90 Å². The maximum Gasteiger partial charge on any atom is 0.246 e. The van der Waals surface area contributed by atoms with Gasteiger partial charge in [0, 0.05) is 35.0 Å². The van der Waals surface area contributed by atoms with Gasteiger partial charge in [-0.2, -0.15) is 0 Å². The lowest BCUT2D eigenvalue weighted by Gasteiger charge is -2.31. The summed E-state index contributed by atoms with van der Waals surface area (Å²) < 4.78 is 27.7. The molecule has 1 aromatic heterocycles. The van der Waals surface area contributed by atoms with Crippen LogP contribution in [0.4, 0.5) is 0 Å². The zero-order valence-electron chi connectivity index (χ0n) is 17.0. The van der Waals surface area contributed by atoms with Crippen LogP contribution in [0.25, 0.3) is 16.5 Å². The third kappa shape index (κ3) is 5.50. The van der Waals surface area contributed by atoms with Gasteiger partial charge in [-0.25, -0.2) is 13.1 Å². The number of nitrogens with zero attached hydrogens (tertiary/aromatic N) is 1. The molecule has 3 aromatic rings. The fourth-order valence-corrected chi connectivity index (χ4v) is 5.81. The molecule has 1 aliphatic rings. The van der Waals surface area contributed by atoms with E-state index in [1.807, 2.05) is 30.3 Å². The van der Waals surface area contributed by atoms with Crippen molar-refractivity contribution < 1.29 is 13.2 Å². The molecule has 4 rings (SSSR count). The van der Waals surface area contributed by atoms with Crippen LogP contribution in [0.3, 0.4) is 0 Å². The molecule has 0 radical (unpaired) electrons. The normalized spacial score (nSPS) is 15.4. The van der Waals surface area contributed by atoms with Crippen LogP contribution < -0.4 is 4.72 Å². The molecular weight excluding hydrogens is 428 g/mol. The Kier molecular flexibility index (Phi) is 6.65. The predicted molar refractivity (Wildman–Crippen MR) is 125 cm³/mol. The second kappa shape index (κ2) is 9.60. The number of likely N-dealkylation sites (tertiary alicyclic amines) is 1. The summed E-state index contributed by atoms with van der Waals surface area (Å²) in [4.78, 5) is 16.8. The SMILES string of the molecule is O=C(/C=C/c1ccc(-c2ccccc2)s1)N1CCC(NS(=O)(=O)c2ccccc2)CC1. The van der Waals surface area contributed by atoms with Crippen LogP contribution in [0, 0.1) is 0 Å². The molecule has 0 bridgehead atoms. The molecule has 0 saturated carbocycles. The smallest absolute Gasteiger partial charge is 0.246 e. The summed E-state index contributed by atoms with van der Waals surface area (Å²) in [6, 6.07) is 22.4. The lowest BCUT2D eigenvalue weighted by molar-refractivity contribution is -0.126. The molecule has 2 aromatic carbocycles. The van der Waals surface area contributed by atoms with Crippen LogP contribution in [-0.4, -0.2) is 38.4 Å². The number of nitrogens with one attached hydrogen (secondary N) is 1. The number of sulfonamides is 1. The van der Waals surface area contributed by atoms with E-state index in [0.29, 0.717) is 25.9 Å². The molecule has 1 amide bonds. The van der Waals surface area contributed by atoms with E-state index < -0.39 is 10.0 Å². The summed E-state index contributed by atoms with van der Waals surface area (Å²) in [7, 11) is -3.53. The number of hydrogen-bond donors (Lipinski definition) is 1. The molecule has 5 nitrogen and oxygen atoms in total. The van der Waals surface area contributed by atoms with Crippen LogP contribution in [-0.2, 0) is 14.8 Å². The Balaban J connectivity index is 1.30. The number of carbonyl (C=O) groups is 1. The number of benzene rings is 2. The van der Waals surface area contributed by atoms with Gasteiger partial charge in [0.2, 0.25) is 15.9 Å². The molecule has 1 saturated heterocycles. The number of amides is 1. The number of thiophene rings is 1. The Bertz CT molecular complexity index is 1150. The summed E-state index contributed by atoms with van der Waals surface area (Å²) in [5.41, 5.74) is 1.17. The van der Waals surface area contributed by atoms with Crippen molar-refractivity contribution in [2.75, 3.05) is 13.1 Å². The van der Waals surface area contributed by atoms with E-state index in [1.54, 1.807) is 52.6 Å². The quantitative estimate of drug-likeness (QED) is 0.564. The monoisotopic (exact) mass is 452 g/mol. The Hall–Kier alpha value is -2.74. The molecule has 0 aliphatic carbocycles. The number of rotatable bonds is 6. The second-order valence-electron chi connectivity index (χ2n) is 7.44. The highest BCUT2D eigenvalue weighted by atomic mass is 32.2. The van der Waals surface area contributed by atoms with Crippen molar-refractivity contribution in [1.29, 1.82) is 0 Å². The Morgan fingerprint density at radius 2 is 1.58 bits per heavy atom. The average molecular weight is 453 g/mol. The van der Waals surface area contributed by atoms with Gasteiger partial charge in [-0.05, 0) is 48.7 Å². The molecule has 0 atom stereocenters. The highest BCUT2D eigenvalue weighted by molar-refractivity contribution is 7.89. The van der Waals surface area contributed by atoms with Crippen molar-refractivity contribution >= 4 is 33.3 Å². The Morgan fingerprint density at radius 3 is 2.26 bits per heavy atom. The second-order valence-corrected chi connectivity index (χ2v) is 10.3. The van der Waals surface area contributed by atoms with E-state index in [0.717, 1.165) is 4.88 Å². The van der Waals surface area contributed by atoms with E-state index in [4.69, 9.17) is 0 Å². The lowest BCUT2D eigenvalue weighted by Crippen LogP contribution is -2.46. The third-order valence-electron chi connectivity index (χ3n) is 5.26. The summed E-state index contributed by atoms with van der Waals surface area (Å²) in [5, 5.41) is 0. The van der Waals surface area contributed by atoms with Gasteiger partial charge in [0.1, 0.15) is 0 Å². The van der Waals surface area contributed by atoms with Crippen molar-refractivity contribution in [2.45, 2.75) is 23.8 Å². The number of piperidine rings is 1. The van der Waals surface area contributed by atoms with Crippen molar-refractivity contribution in [2.24, 2.45) is 0 Å². The number of carbonyl (C=O) groups excluding carboxylic acids is 1. The first-order valence-electron chi connectivity index (χ1n) is 10.2. The van der Waals surface area contributed by atoms with Gasteiger partial charge in [0.15, 0.2) is 0 Å². The highest BCUT2D eigenvalue weighted by Crippen LogP contribution is 2.28. The van der Waals surface area contributed by atoms with Gasteiger partial charge >= 0.3 is 0 Å². The topological polar surface area (TPSA) is 66.5 Å². The largest absolute Gasteiger partial charge is 0.339 e. The Morgan fingerprint density at radius 1 is 0.935 bits per heavy atom. The zero-order valence-corrected chi connectivity index (χ0v) is 18.6. The maximum atomic E-state index is 12.6. The first-order valence-corrected chi connectivity index (χ1v) is 12.5. The van der Waals surface area contributed by atoms with E-state index in [1.165, 1.54) is 10.4 Å². The summed E-state index contributed by atoms with van der Waals surface area (Å²) >= 11 is 1.65. The zero-order chi connectivity index (χ0) is 21.7. The van der Waals surface area contributed by atoms with Gasteiger partial charge in [-0.1, -0.05) is 48.5 Å². The average Bonchev–Trinajstić information content (AvgIpc) is 3.28. The maximum absolute atomic E-state index is 12.6. The van der Waals surface area contributed by atoms with E-state index in [-0.39, 0.29) is 16.8 Å². The molecule has 1 N–H and O–H groups in total. The highest BCUT2D eigenvalue weighted by Gasteiger charge is 2.25. The molecule has 7 heteroatoms. The summed E-state index contributed by atoms with van der Waals surface area (Å²) in [6.45, 7) is 1.07. The standard InChI is InChI=1S/C24H24N2O3S2/c27-24(14-12-21-11-13-23(30-21)19-7-3-1-4-8-19)26-17-15-20(16-18-26)25-31(28,29)22-9-5-2-6-10-22/h1-14,20,25H,15-18H2/b14-12+. The molecule has 2 heterocycles. The van der Waals surface area contributed by atoms with Gasteiger partial charge in [0.05, 0.1) is 4.90 Å². The van der Waals surface area contributed by atoms with Crippen molar-refractivity contribution in [3.8, 4) is 10.4 Å². The summed E-state index contributed by atoms with van der Waals surface area (Å²) in [6.07, 6.45) is 4.66. The third-order valence-corrected chi connectivity index (χ3v) is 7.89. The minimum atomic E-state index is -3.53. The van der Waals surface area contributed by atoms with Crippen LogP contribution in [0.5, 0.6) is 0 Å². The van der Waals surface area contributed by atoms with Crippen LogP contribution in [0.15, 0.2) is 83.8 Å². The lowest BCUT2D eigenvalue weighted by atomic mass is 10.1. The summed E-state index contributed by atoms with van der Waals surface area (Å²) in [5.74, 6) is -0.0426. The van der Waals surface area contributed by atoms with Gasteiger partial charge in [-0.3, -0.25) is 4.79 Å². The predicted octanol–water partition coefficient (Wildman–Crippen LogP) is 4.40. The van der Waals surface area contributed by atoms with Crippen molar-refractivity contribution in [3.05, 3.63) is 83.7 Å². The number of hydrogen-bond acceptors (Lipinski definition) is 4. The molecular formula is C24H24N2O3S2. The molecule has 1 aliphatic heterocycles. The minimum Gasteiger partial charge on any atom is -0.339 e. The molecule has 0 unspecified atom stereocenters. The Labute approximate surface area is 187 Å². The molecule has 160 valence electrons. The molecule has 31 heavy (non-hydrogen) atoms. The minimum absolute atomic E-state index is 0.0426. The molecule has 1 fully saturated rings. The molecule has 0 spiro atoms.